The zero-order valence-corrected chi connectivity index (χ0v) is 14.0. The Hall–Kier alpha value is -2.01. The first-order valence-electron chi connectivity index (χ1n) is 7.14. The van der Waals surface area contributed by atoms with Crippen molar-refractivity contribution in [1.29, 1.82) is 0 Å². The van der Waals surface area contributed by atoms with Gasteiger partial charge in [0.15, 0.2) is 0 Å². The lowest BCUT2D eigenvalue weighted by Gasteiger charge is -2.10. The molecule has 0 radical (unpaired) electrons. The van der Waals surface area contributed by atoms with Gasteiger partial charge in [-0.25, -0.2) is 4.79 Å². The van der Waals surface area contributed by atoms with Crippen molar-refractivity contribution in [2.45, 2.75) is 13.3 Å². The second-order valence-corrected chi connectivity index (χ2v) is 5.77. The number of urea groups is 1. The van der Waals surface area contributed by atoms with Crippen molar-refractivity contribution in [1.82, 2.24) is 5.32 Å². The minimum absolute atomic E-state index is 0.204. The number of hydrogen-bond donors (Lipinski definition) is 2. The van der Waals surface area contributed by atoms with Gasteiger partial charge in [0, 0.05) is 16.7 Å². The van der Waals surface area contributed by atoms with E-state index in [2.05, 4.69) is 26.6 Å². The molecule has 22 heavy (non-hydrogen) atoms. The third-order valence-corrected chi connectivity index (χ3v) is 3.55. The topological polar surface area (TPSA) is 50.4 Å². The fourth-order valence-electron chi connectivity index (χ4n) is 1.91. The SMILES string of the molecule is Cc1cc(Br)ccc1NC(=O)NCCCOc1ccccc1. The number of anilines is 1. The first-order chi connectivity index (χ1) is 10.6. The molecule has 0 heterocycles. The minimum atomic E-state index is -0.204. The average Bonchev–Trinajstić information content (AvgIpc) is 2.51. The molecule has 0 bridgehead atoms. The Morgan fingerprint density at radius 3 is 2.68 bits per heavy atom. The maximum absolute atomic E-state index is 11.8. The number of para-hydroxylation sites is 1. The fraction of sp³-hybridized carbons (Fsp3) is 0.235. The van der Waals surface area contributed by atoms with E-state index in [4.69, 9.17) is 4.74 Å². The predicted octanol–water partition coefficient (Wildman–Crippen LogP) is 4.35. The summed E-state index contributed by atoms with van der Waals surface area (Å²) in [5.74, 6) is 0.845. The van der Waals surface area contributed by atoms with E-state index >= 15 is 0 Å². The van der Waals surface area contributed by atoms with Gasteiger partial charge < -0.3 is 15.4 Å². The number of carbonyl (C=O) groups excluding carboxylic acids is 1. The molecule has 2 aromatic rings. The van der Waals surface area contributed by atoms with Crippen molar-refractivity contribution in [3.05, 3.63) is 58.6 Å². The van der Waals surface area contributed by atoms with Crippen molar-refractivity contribution in [3.63, 3.8) is 0 Å². The summed E-state index contributed by atoms with van der Waals surface area (Å²) in [6.07, 6.45) is 0.752. The largest absolute Gasteiger partial charge is 0.494 e. The van der Waals surface area contributed by atoms with Crippen LogP contribution in [0.5, 0.6) is 5.75 Å². The smallest absolute Gasteiger partial charge is 0.319 e. The molecule has 2 aromatic carbocycles. The molecular formula is C17H19BrN2O2. The van der Waals surface area contributed by atoms with Crippen LogP contribution in [0.25, 0.3) is 0 Å². The van der Waals surface area contributed by atoms with Crippen molar-refractivity contribution < 1.29 is 9.53 Å². The van der Waals surface area contributed by atoms with E-state index in [9.17, 15) is 4.79 Å². The van der Waals surface area contributed by atoms with Gasteiger partial charge in [0.2, 0.25) is 0 Å². The van der Waals surface area contributed by atoms with Gasteiger partial charge in [-0.3, -0.25) is 0 Å². The summed E-state index contributed by atoms with van der Waals surface area (Å²) < 4.78 is 6.56. The molecule has 0 saturated heterocycles. The lowest BCUT2D eigenvalue weighted by Crippen LogP contribution is -2.30. The Balaban J connectivity index is 1.65. The van der Waals surface area contributed by atoms with Gasteiger partial charge in [0.1, 0.15) is 5.75 Å². The number of benzene rings is 2. The maximum atomic E-state index is 11.8. The van der Waals surface area contributed by atoms with Crippen LogP contribution in [0.1, 0.15) is 12.0 Å². The highest BCUT2D eigenvalue weighted by Gasteiger charge is 2.04. The molecule has 2 N–H and O–H groups in total. The number of ether oxygens (including phenoxy) is 1. The van der Waals surface area contributed by atoms with Gasteiger partial charge in [-0.05, 0) is 49.2 Å². The third-order valence-electron chi connectivity index (χ3n) is 3.06. The van der Waals surface area contributed by atoms with Crippen LogP contribution in [0.3, 0.4) is 0 Å². The Morgan fingerprint density at radius 2 is 1.95 bits per heavy atom. The van der Waals surface area contributed by atoms with E-state index in [-0.39, 0.29) is 6.03 Å². The van der Waals surface area contributed by atoms with E-state index < -0.39 is 0 Å². The van der Waals surface area contributed by atoms with Gasteiger partial charge >= 0.3 is 6.03 Å². The quantitative estimate of drug-likeness (QED) is 0.750. The molecule has 0 aliphatic heterocycles. The normalized spacial score (nSPS) is 10.1. The first-order valence-corrected chi connectivity index (χ1v) is 7.93. The van der Waals surface area contributed by atoms with Gasteiger partial charge in [0.25, 0.3) is 0 Å². The molecular weight excluding hydrogens is 344 g/mol. The molecule has 0 spiro atoms. The number of hydrogen-bond acceptors (Lipinski definition) is 2. The zero-order chi connectivity index (χ0) is 15.8. The lowest BCUT2D eigenvalue weighted by molar-refractivity contribution is 0.250. The highest BCUT2D eigenvalue weighted by molar-refractivity contribution is 9.10. The monoisotopic (exact) mass is 362 g/mol. The standard InChI is InChI=1S/C17H19BrN2O2/c1-13-12-14(18)8-9-16(13)20-17(21)19-10-5-11-22-15-6-3-2-4-7-15/h2-4,6-9,12H,5,10-11H2,1H3,(H2,19,20,21). The summed E-state index contributed by atoms with van der Waals surface area (Å²) in [5.41, 5.74) is 1.82. The zero-order valence-electron chi connectivity index (χ0n) is 12.4. The minimum Gasteiger partial charge on any atom is -0.494 e. The molecule has 116 valence electrons. The van der Waals surface area contributed by atoms with E-state index in [1.807, 2.05) is 55.5 Å². The van der Waals surface area contributed by atoms with Gasteiger partial charge in [-0.2, -0.15) is 0 Å². The van der Waals surface area contributed by atoms with Crippen LogP contribution in [0.2, 0.25) is 0 Å². The van der Waals surface area contributed by atoms with Crippen molar-refractivity contribution in [2.75, 3.05) is 18.5 Å². The van der Waals surface area contributed by atoms with Crippen LogP contribution in [0, 0.1) is 6.92 Å². The van der Waals surface area contributed by atoms with Crippen LogP contribution < -0.4 is 15.4 Å². The first kappa shape index (κ1) is 16.4. The van der Waals surface area contributed by atoms with Crippen LogP contribution in [0.15, 0.2) is 53.0 Å². The number of carbonyl (C=O) groups is 1. The van der Waals surface area contributed by atoms with E-state index in [0.717, 1.165) is 27.9 Å². The van der Waals surface area contributed by atoms with Gasteiger partial charge in [0.05, 0.1) is 6.61 Å². The second-order valence-electron chi connectivity index (χ2n) is 4.86. The molecule has 0 fully saturated rings. The molecule has 4 nitrogen and oxygen atoms in total. The number of aryl methyl sites for hydroxylation is 1. The highest BCUT2D eigenvalue weighted by atomic mass is 79.9. The van der Waals surface area contributed by atoms with Crippen molar-refractivity contribution in [2.24, 2.45) is 0 Å². The highest BCUT2D eigenvalue weighted by Crippen LogP contribution is 2.19. The average molecular weight is 363 g/mol. The van der Waals surface area contributed by atoms with Crippen molar-refractivity contribution >= 4 is 27.6 Å². The number of amides is 2. The summed E-state index contributed by atoms with van der Waals surface area (Å²) in [5, 5.41) is 5.65. The molecule has 0 atom stereocenters. The van der Waals surface area contributed by atoms with Crippen LogP contribution in [0.4, 0.5) is 10.5 Å². The molecule has 0 unspecified atom stereocenters. The van der Waals surface area contributed by atoms with Crippen LogP contribution in [-0.4, -0.2) is 19.2 Å². The lowest BCUT2D eigenvalue weighted by atomic mass is 10.2. The number of nitrogens with one attached hydrogen (secondary N) is 2. The number of halogens is 1. The summed E-state index contributed by atoms with van der Waals surface area (Å²) in [6, 6.07) is 15.2. The predicted molar refractivity (Wildman–Crippen MR) is 92.5 cm³/mol. The second kappa shape index (κ2) is 8.44. The molecule has 5 heteroatoms. The van der Waals surface area contributed by atoms with Crippen LogP contribution in [-0.2, 0) is 0 Å². The summed E-state index contributed by atoms with van der Waals surface area (Å²) in [4.78, 5) is 11.8. The number of rotatable bonds is 6. The molecule has 0 aromatic heterocycles. The summed E-state index contributed by atoms with van der Waals surface area (Å²) >= 11 is 3.40. The Kier molecular flexibility index (Phi) is 6.27. The third kappa shape index (κ3) is 5.41. The molecule has 2 rings (SSSR count). The van der Waals surface area contributed by atoms with Crippen LogP contribution >= 0.6 is 15.9 Å². The Bertz CT molecular complexity index is 617. The summed E-state index contributed by atoms with van der Waals surface area (Å²) in [7, 11) is 0. The van der Waals surface area contributed by atoms with E-state index in [1.54, 1.807) is 0 Å². The maximum Gasteiger partial charge on any atom is 0.319 e. The van der Waals surface area contributed by atoms with Gasteiger partial charge in [-0.1, -0.05) is 34.1 Å². The molecule has 2 amide bonds. The molecule has 0 saturated carbocycles. The molecule has 0 aliphatic carbocycles. The van der Waals surface area contributed by atoms with E-state index in [1.165, 1.54) is 0 Å². The van der Waals surface area contributed by atoms with Crippen molar-refractivity contribution in [3.8, 4) is 5.75 Å². The summed E-state index contributed by atoms with van der Waals surface area (Å²) in [6.45, 7) is 3.09. The van der Waals surface area contributed by atoms with E-state index in [0.29, 0.717) is 13.2 Å². The fourth-order valence-corrected chi connectivity index (χ4v) is 2.39. The Morgan fingerprint density at radius 1 is 1.18 bits per heavy atom. The van der Waals surface area contributed by atoms with Gasteiger partial charge in [-0.15, -0.1) is 0 Å². The molecule has 0 aliphatic rings. The Labute approximate surface area is 139 Å².